The van der Waals surface area contributed by atoms with Gasteiger partial charge in [0.2, 0.25) is 5.91 Å². The van der Waals surface area contributed by atoms with Gasteiger partial charge in [-0.3, -0.25) is 4.79 Å². The van der Waals surface area contributed by atoms with E-state index >= 15 is 0 Å². The highest BCUT2D eigenvalue weighted by atomic mass is 16.5. The molecule has 0 aromatic carbocycles. The SMILES string of the molecule is CN(CC(N)=NO)C(=O)C1CCCOC1. The van der Waals surface area contributed by atoms with Crippen molar-refractivity contribution < 1.29 is 14.7 Å². The first-order valence-electron chi connectivity index (χ1n) is 4.94. The maximum absolute atomic E-state index is 11.8. The largest absolute Gasteiger partial charge is 0.409 e. The van der Waals surface area contributed by atoms with Crippen LogP contribution in [0.1, 0.15) is 12.8 Å². The second-order valence-corrected chi connectivity index (χ2v) is 3.70. The van der Waals surface area contributed by atoms with Crippen molar-refractivity contribution in [2.24, 2.45) is 16.8 Å². The van der Waals surface area contributed by atoms with Crippen LogP contribution in [-0.4, -0.2) is 48.7 Å². The predicted octanol–water partition coefficient (Wildman–Crippen LogP) is -0.382. The van der Waals surface area contributed by atoms with E-state index in [1.54, 1.807) is 7.05 Å². The third kappa shape index (κ3) is 3.39. The fourth-order valence-electron chi connectivity index (χ4n) is 1.60. The molecule has 0 aromatic heterocycles. The summed E-state index contributed by atoms with van der Waals surface area (Å²) in [7, 11) is 1.63. The second kappa shape index (κ2) is 5.55. The van der Waals surface area contributed by atoms with Crippen LogP contribution in [-0.2, 0) is 9.53 Å². The zero-order valence-corrected chi connectivity index (χ0v) is 8.85. The van der Waals surface area contributed by atoms with E-state index in [1.165, 1.54) is 4.90 Å². The van der Waals surface area contributed by atoms with Gasteiger partial charge in [-0.2, -0.15) is 0 Å². The highest BCUT2D eigenvalue weighted by Crippen LogP contribution is 2.15. The predicted molar refractivity (Wildman–Crippen MR) is 54.6 cm³/mol. The van der Waals surface area contributed by atoms with Crippen LogP contribution in [0, 0.1) is 5.92 Å². The Morgan fingerprint density at radius 3 is 3.00 bits per heavy atom. The molecule has 0 spiro atoms. The number of carbonyl (C=O) groups is 1. The number of carbonyl (C=O) groups excluding carboxylic acids is 1. The first-order chi connectivity index (χ1) is 7.15. The highest BCUT2D eigenvalue weighted by molar-refractivity contribution is 5.87. The third-order valence-electron chi connectivity index (χ3n) is 2.41. The molecular formula is C9H17N3O3. The Bertz CT molecular complexity index is 249. The lowest BCUT2D eigenvalue weighted by Gasteiger charge is -2.26. The maximum Gasteiger partial charge on any atom is 0.228 e. The number of hydrogen-bond donors (Lipinski definition) is 2. The first kappa shape index (κ1) is 11.8. The Kier molecular flexibility index (Phi) is 4.36. The van der Waals surface area contributed by atoms with Gasteiger partial charge < -0.3 is 20.6 Å². The number of oxime groups is 1. The molecule has 1 heterocycles. The van der Waals surface area contributed by atoms with E-state index in [0.29, 0.717) is 6.61 Å². The summed E-state index contributed by atoms with van der Waals surface area (Å²) >= 11 is 0. The molecule has 15 heavy (non-hydrogen) atoms. The molecule has 6 heteroatoms. The first-order valence-corrected chi connectivity index (χ1v) is 4.94. The minimum atomic E-state index is -0.0877. The summed E-state index contributed by atoms with van der Waals surface area (Å²) in [6.07, 6.45) is 1.76. The lowest BCUT2D eigenvalue weighted by atomic mass is 10.0. The highest BCUT2D eigenvalue weighted by Gasteiger charge is 2.24. The molecule has 0 radical (unpaired) electrons. The smallest absolute Gasteiger partial charge is 0.228 e. The number of ether oxygens (including phenoxy) is 1. The molecule has 0 bridgehead atoms. The maximum atomic E-state index is 11.8. The van der Waals surface area contributed by atoms with Crippen LogP contribution in [0.3, 0.4) is 0 Å². The van der Waals surface area contributed by atoms with E-state index in [9.17, 15) is 4.79 Å². The molecule has 1 fully saturated rings. The van der Waals surface area contributed by atoms with Crippen LogP contribution in [0.5, 0.6) is 0 Å². The van der Waals surface area contributed by atoms with Crippen molar-refractivity contribution in [1.29, 1.82) is 0 Å². The van der Waals surface area contributed by atoms with Crippen molar-refractivity contribution in [3.05, 3.63) is 0 Å². The van der Waals surface area contributed by atoms with E-state index < -0.39 is 0 Å². The Morgan fingerprint density at radius 2 is 2.47 bits per heavy atom. The molecule has 1 aliphatic heterocycles. The average molecular weight is 215 g/mol. The molecular weight excluding hydrogens is 198 g/mol. The van der Waals surface area contributed by atoms with Crippen LogP contribution < -0.4 is 5.73 Å². The normalized spacial score (nSPS) is 22.5. The summed E-state index contributed by atoms with van der Waals surface area (Å²) in [6, 6.07) is 0. The molecule has 6 nitrogen and oxygen atoms in total. The molecule has 86 valence electrons. The summed E-state index contributed by atoms with van der Waals surface area (Å²) in [5.41, 5.74) is 5.32. The van der Waals surface area contributed by atoms with Crippen LogP contribution in [0.4, 0.5) is 0 Å². The van der Waals surface area contributed by atoms with Gasteiger partial charge in [-0.15, -0.1) is 0 Å². The summed E-state index contributed by atoms with van der Waals surface area (Å²) in [6.45, 7) is 1.35. The van der Waals surface area contributed by atoms with E-state index in [4.69, 9.17) is 15.7 Å². The Hall–Kier alpha value is -1.30. The van der Waals surface area contributed by atoms with Gasteiger partial charge in [0.05, 0.1) is 19.1 Å². The molecule has 1 atom stereocenters. The third-order valence-corrected chi connectivity index (χ3v) is 2.41. The zero-order chi connectivity index (χ0) is 11.3. The minimum Gasteiger partial charge on any atom is -0.409 e. The standard InChI is InChI=1S/C9H17N3O3/c1-12(5-8(10)11-14)9(13)7-3-2-4-15-6-7/h7,14H,2-6H2,1H3,(H2,10,11). The molecule has 1 unspecified atom stereocenters. The average Bonchev–Trinajstić information content (AvgIpc) is 2.29. The van der Waals surface area contributed by atoms with Crippen LogP contribution >= 0.6 is 0 Å². The number of nitrogens with zero attached hydrogens (tertiary/aromatic N) is 2. The monoisotopic (exact) mass is 215 g/mol. The van der Waals surface area contributed by atoms with Crippen molar-refractivity contribution in [2.45, 2.75) is 12.8 Å². The van der Waals surface area contributed by atoms with Gasteiger partial charge in [0, 0.05) is 13.7 Å². The summed E-state index contributed by atoms with van der Waals surface area (Å²) < 4.78 is 5.23. The lowest BCUT2D eigenvalue weighted by molar-refractivity contribution is -0.137. The summed E-state index contributed by atoms with van der Waals surface area (Å²) in [4.78, 5) is 13.3. The number of rotatable bonds is 3. The van der Waals surface area contributed by atoms with E-state index in [-0.39, 0.29) is 24.2 Å². The fourth-order valence-corrected chi connectivity index (χ4v) is 1.60. The topological polar surface area (TPSA) is 88.1 Å². The van der Waals surface area contributed by atoms with Gasteiger partial charge in [0.1, 0.15) is 0 Å². The number of likely N-dealkylation sites (N-methyl/N-ethyl adjacent to an activating group) is 1. The van der Waals surface area contributed by atoms with Crippen molar-refractivity contribution in [3.63, 3.8) is 0 Å². The van der Waals surface area contributed by atoms with Gasteiger partial charge in [-0.05, 0) is 12.8 Å². The van der Waals surface area contributed by atoms with Gasteiger partial charge >= 0.3 is 0 Å². The zero-order valence-electron chi connectivity index (χ0n) is 8.85. The molecule has 1 rings (SSSR count). The van der Waals surface area contributed by atoms with Crippen molar-refractivity contribution in [3.8, 4) is 0 Å². The molecule has 3 N–H and O–H groups in total. The van der Waals surface area contributed by atoms with Crippen molar-refractivity contribution >= 4 is 11.7 Å². The number of amides is 1. The number of nitrogens with two attached hydrogens (primary N) is 1. The molecule has 0 aromatic rings. The summed E-state index contributed by atoms with van der Waals surface area (Å²) in [5, 5.41) is 11.2. The van der Waals surface area contributed by atoms with Crippen LogP contribution in [0.25, 0.3) is 0 Å². The summed E-state index contributed by atoms with van der Waals surface area (Å²) in [5.74, 6) is -0.0703. The van der Waals surface area contributed by atoms with Crippen LogP contribution in [0.2, 0.25) is 0 Å². The van der Waals surface area contributed by atoms with Gasteiger partial charge in [-0.25, -0.2) is 0 Å². The van der Waals surface area contributed by atoms with Gasteiger partial charge in [0.15, 0.2) is 5.84 Å². The van der Waals surface area contributed by atoms with E-state index in [0.717, 1.165) is 19.4 Å². The lowest BCUT2D eigenvalue weighted by Crippen LogP contribution is -2.41. The van der Waals surface area contributed by atoms with E-state index in [2.05, 4.69) is 5.16 Å². The van der Waals surface area contributed by atoms with Crippen LogP contribution in [0.15, 0.2) is 5.16 Å². The molecule has 0 aliphatic carbocycles. The Morgan fingerprint density at radius 1 is 1.73 bits per heavy atom. The molecule has 1 amide bonds. The Balaban J connectivity index is 2.44. The van der Waals surface area contributed by atoms with Gasteiger partial charge in [0.25, 0.3) is 0 Å². The minimum absolute atomic E-state index is 0.0127. The number of hydrogen-bond acceptors (Lipinski definition) is 4. The van der Waals surface area contributed by atoms with Crippen molar-refractivity contribution in [2.75, 3.05) is 26.8 Å². The molecule has 1 saturated heterocycles. The van der Waals surface area contributed by atoms with Crippen molar-refractivity contribution in [1.82, 2.24) is 4.90 Å². The number of amidine groups is 1. The van der Waals surface area contributed by atoms with Gasteiger partial charge in [-0.1, -0.05) is 5.16 Å². The molecule has 1 aliphatic rings. The quantitative estimate of drug-likeness (QED) is 0.291. The molecule has 0 saturated carbocycles. The second-order valence-electron chi connectivity index (χ2n) is 3.70. The fraction of sp³-hybridized carbons (Fsp3) is 0.778. The van der Waals surface area contributed by atoms with E-state index in [1.807, 2.05) is 0 Å². The Labute approximate surface area is 88.7 Å².